The number of sulfonamides is 1. The minimum Gasteiger partial charge on any atom is -0.283 e. The predicted molar refractivity (Wildman–Crippen MR) is 58.8 cm³/mol. The molecule has 0 aromatic heterocycles. The zero-order valence-corrected chi connectivity index (χ0v) is 9.21. The molecule has 0 aliphatic carbocycles. The van der Waals surface area contributed by atoms with Crippen molar-refractivity contribution in [2.45, 2.75) is 13.3 Å². The fraction of sp³-hybridized carbons (Fsp3) is 0.300. The van der Waals surface area contributed by atoms with Crippen LogP contribution in [-0.2, 0) is 16.4 Å². The van der Waals surface area contributed by atoms with E-state index in [9.17, 15) is 8.42 Å². The molecule has 0 radical (unpaired) electrons. The first kappa shape index (κ1) is 11.5. The summed E-state index contributed by atoms with van der Waals surface area (Å²) in [6, 6.07) is 8.73. The van der Waals surface area contributed by atoms with Crippen molar-refractivity contribution in [3.8, 4) is 6.07 Å². The third-order valence-electron chi connectivity index (χ3n) is 1.86. The van der Waals surface area contributed by atoms with E-state index in [4.69, 9.17) is 5.26 Å². The summed E-state index contributed by atoms with van der Waals surface area (Å²) in [6.07, 6.45) is 0.841. The highest BCUT2D eigenvalue weighted by Gasteiger charge is 2.08. The molecule has 80 valence electrons. The highest BCUT2D eigenvalue weighted by Crippen LogP contribution is 2.12. The molecule has 0 unspecified atom stereocenters. The topological polar surface area (TPSA) is 70.0 Å². The van der Waals surface area contributed by atoms with Crippen LogP contribution in [0.15, 0.2) is 24.3 Å². The monoisotopic (exact) mass is 224 g/mol. The second-order valence-corrected chi connectivity index (χ2v) is 4.80. The number of benzene rings is 1. The number of nitriles is 1. The minimum absolute atomic E-state index is 0.504. The van der Waals surface area contributed by atoms with Crippen molar-refractivity contribution in [2.24, 2.45) is 0 Å². The molecule has 1 aromatic carbocycles. The van der Waals surface area contributed by atoms with Crippen molar-refractivity contribution >= 4 is 15.7 Å². The number of rotatable bonds is 4. The maximum Gasteiger partial charge on any atom is 0.246 e. The molecule has 0 saturated heterocycles. The second kappa shape index (κ2) is 4.80. The second-order valence-electron chi connectivity index (χ2n) is 3.07. The summed E-state index contributed by atoms with van der Waals surface area (Å²) < 4.78 is 24.9. The van der Waals surface area contributed by atoms with Gasteiger partial charge in [-0.2, -0.15) is 5.26 Å². The maximum absolute atomic E-state index is 11.3. The van der Waals surface area contributed by atoms with Crippen LogP contribution in [0.1, 0.15) is 12.5 Å². The van der Waals surface area contributed by atoms with Crippen LogP contribution in [0.2, 0.25) is 0 Å². The van der Waals surface area contributed by atoms with Gasteiger partial charge in [0, 0.05) is 5.69 Å². The standard InChI is InChI=1S/C10H12N2O2S/c1-2-9-4-3-5-10(8-9)12-15(13,14)7-6-11/h3-5,8,12H,2,7H2,1H3. The quantitative estimate of drug-likeness (QED) is 0.842. The van der Waals surface area contributed by atoms with Crippen LogP contribution in [0.4, 0.5) is 5.69 Å². The molecule has 0 amide bonds. The molecule has 0 aliphatic rings. The summed E-state index contributed by atoms with van der Waals surface area (Å²) in [5, 5.41) is 8.31. The van der Waals surface area contributed by atoms with Gasteiger partial charge < -0.3 is 0 Å². The Hall–Kier alpha value is -1.54. The van der Waals surface area contributed by atoms with Crippen molar-refractivity contribution < 1.29 is 8.42 Å². The number of hydrogen-bond donors (Lipinski definition) is 1. The van der Waals surface area contributed by atoms with Crippen LogP contribution in [-0.4, -0.2) is 14.2 Å². The third-order valence-corrected chi connectivity index (χ3v) is 2.92. The van der Waals surface area contributed by atoms with Gasteiger partial charge in [-0.3, -0.25) is 4.72 Å². The van der Waals surface area contributed by atoms with Crippen LogP contribution in [0.25, 0.3) is 0 Å². The number of nitrogens with one attached hydrogen (secondary N) is 1. The Balaban J connectivity index is 2.86. The summed E-state index contributed by atoms with van der Waals surface area (Å²) in [4.78, 5) is 0. The molecule has 0 atom stereocenters. The van der Waals surface area contributed by atoms with Gasteiger partial charge in [0.15, 0.2) is 5.75 Å². The van der Waals surface area contributed by atoms with Crippen molar-refractivity contribution in [1.29, 1.82) is 5.26 Å². The van der Waals surface area contributed by atoms with Gasteiger partial charge in [-0.05, 0) is 24.1 Å². The van der Waals surface area contributed by atoms with E-state index in [1.54, 1.807) is 24.3 Å². The van der Waals surface area contributed by atoms with E-state index >= 15 is 0 Å². The predicted octanol–water partition coefficient (Wildman–Crippen LogP) is 1.51. The number of aryl methyl sites for hydroxylation is 1. The highest BCUT2D eigenvalue weighted by molar-refractivity contribution is 7.92. The average Bonchev–Trinajstić information content (AvgIpc) is 2.17. The smallest absolute Gasteiger partial charge is 0.246 e. The third kappa shape index (κ3) is 3.60. The molecular formula is C10H12N2O2S. The highest BCUT2D eigenvalue weighted by atomic mass is 32.2. The van der Waals surface area contributed by atoms with E-state index in [-0.39, 0.29) is 0 Å². The van der Waals surface area contributed by atoms with Gasteiger partial charge in [0.25, 0.3) is 0 Å². The van der Waals surface area contributed by atoms with Crippen molar-refractivity contribution in [1.82, 2.24) is 0 Å². The number of anilines is 1. The van der Waals surface area contributed by atoms with Gasteiger partial charge in [0.1, 0.15) is 0 Å². The van der Waals surface area contributed by atoms with Crippen molar-refractivity contribution in [2.75, 3.05) is 10.5 Å². The molecule has 1 rings (SSSR count). The van der Waals surface area contributed by atoms with Crippen molar-refractivity contribution in [3.05, 3.63) is 29.8 Å². The van der Waals surface area contributed by atoms with Crippen molar-refractivity contribution in [3.63, 3.8) is 0 Å². The summed E-state index contributed by atoms with van der Waals surface area (Å²) >= 11 is 0. The molecule has 5 heteroatoms. The lowest BCUT2D eigenvalue weighted by Crippen LogP contribution is -2.15. The van der Waals surface area contributed by atoms with Gasteiger partial charge in [0.2, 0.25) is 10.0 Å². The average molecular weight is 224 g/mol. The Morgan fingerprint density at radius 1 is 1.47 bits per heavy atom. The largest absolute Gasteiger partial charge is 0.283 e. The molecule has 0 fully saturated rings. The van der Waals surface area contributed by atoms with Gasteiger partial charge in [-0.15, -0.1) is 0 Å². The number of nitrogens with zero attached hydrogens (tertiary/aromatic N) is 1. The van der Waals surface area contributed by atoms with Crippen LogP contribution in [0.3, 0.4) is 0 Å². The van der Waals surface area contributed by atoms with Crippen LogP contribution in [0, 0.1) is 11.3 Å². The first-order chi connectivity index (χ1) is 7.07. The van der Waals surface area contributed by atoms with Crippen LogP contribution < -0.4 is 4.72 Å². The summed E-state index contributed by atoms with van der Waals surface area (Å²) in [5.74, 6) is -0.524. The molecule has 15 heavy (non-hydrogen) atoms. The van der Waals surface area contributed by atoms with Crippen LogP contribution in [0.5, 0.6) is 0 Å². The lowest BCUT2D eigenvalue weighted by atomic mass is 10.1. The Morgan fingerprint density at radius 2 is 2.20 bits per heavy atom. The minimum atomic E-state index is -3.52. The molecule has 0 heterocycles. The lowest BCUT2D eigenvalue weighted by molar-refractivity contribution is 0.604. The molecule has 0 saturated carbocycles. The lowest BCUT2D eigenvalue weighted by Gasteiger charge is -2.06. The van der Waals surface area contributed by atoms with E-state index in [0.29, 0.717) is 5.69 Å². The molecule has 0 aliphatic heterocycles. The summed E-state index contributed by atoms with van der Waals surface area (Å²) in [5.41, 5.74) is 1.55. The fourth-order valence-electron chi connectivity index (χ4n) is 1.16. The van der Waals surface area contributed by atoms with E-state index in [1.165, 1.54) is 0 Å². The van der Waals surface area contributed by atoms with Gasteiger partial charge in [-0.25, -0.2) is 8.42 Å². The van der Waals surface area contributed by atoms with E-state index in [1.807, 2.05) is 13.0 Å². The Kier molecular flexibility index (Phi) is 3.69. The molecule has 1 aromatic rings. The summed E-state index contributed by atoms with van der Waals surface area (Å²) in [6.45, 7) is 1.99. The Labute approximate surface area is 89.6 Å². The molecular weight excluding hydrogens is 212 g/mol. The summed E-state index contributed by atoms with van der Waals surface area (Å²) in [7, 11) is -3.52. The van der Waals surface area contributed by atoms with Gasteiger partial charge in [-0.1, -0.05) is 19.1 Å². The van der Waals surface area contributed by atoms with E-state index in [2.05, 4.69) is 4.72 Å². The zero-order valence-electron chi connectivity index (χ0n) is 8.40. The van der Waals surface area contributed by atoms with Gasteiger partial charge in [0.05, 0.1) is 6.07 Å². The van der Waals surface area contributed by atoms with Crippen LogP contribution >= 0.6 is 0 Å². The fourth-order valence-corrected chi connectivity index (χ4v) is 1.88. The first-order valence-electron chi connectivity index (χ1n) is 4.54. The normalized spacial score (nSPS) is 10.7. The molecule has 4 nitrogen and oxygen atoms in total. The zero-order chi connectivity index (χ0) is 11.3. The SMILES string of the molecule is CCc1cccc(NS(=O)(=O)CC#N)c1. The maximum atomic E-state index is 11.3. The van der Waals surface area contributed by atoms with Gasteiger partial charge >= 0.3 is 0 Å². The van der Waals surface area contributed by atoms with E-state index in [0.717, 1.165) is 12.0 Å². The first-order valence-corrected chi connectivity index (χ1v) is 6.19. The molecule has 0 bridgehead atoms. The molecule has 1 N–H and O–H groups in total. The Morgan fingerprint density at radius 3 is 2.80 bits per heavy atom. The van der Waals surface area contributed by atoms with E-state index < -0.39 is 15.8 Å². The molecule has 0 spiro atoms. The Bertz CT molecular complexity index is 474. The number of hydrogen-bond acceptors (Lipinski definition) is 3.